The van der Waals surface area contributed by atoms with Gasteiger partial charge in [-0.15, -0.1) is 0 Å². The molecule has 1 spiro atoms. The first-order valence-electron chi connectivity index (χ1n) is 24.5. The fourth-order valence-electron chi connectivity index (χ4n) is 17.6. The van der Waals surface area contributed by atoms with Crippen LogP contribution in [-0.4, -0.2) is 47.9 Å². The molecular weight excluding hydrogens is 653 g/mol. The van der Waals surface area contributed by atoms with E-state index in [1.165, 1.54) is 148 Å². The van der Waals surface area contributed by atoms with E-state index in [2.05, 4.69) is 10.6 Å². The molecule has 0 aromatic heterocycles. The molecule has 53 heavy (non-hydrogen) atoms. The quantitative estimate of drug-likeness (QED) is 0.282. The van der Waals surface area contributed by atoms with Gasteiger partial charge >= 0.3 is 5.97 Å². The van der Waals surface area contributed by atoms with Crippen LogP contribution in [0.15, 0.2) is 0 Å². The molecule has 9 aliphatic carbocycles. The summed E-state index contributed by atoms with van der Waals surface area (Å²) >= 11 is 0. The van der Waals surface area contributed by atoms with Crippen molar-refractivity contribution in [2.75, 3.05) is 0 Å². The molecule has 11 aliphatic rings. The monoisotopic (exact) mass is 729 g/mol. The van der Waals surface area contributed by atoms with E-state index < -0.39 is 0 Å². The van der Waals surface area contributed by atoms with E-state index in [-0.39, 0.29) is 29.7 Å². The van der Waals surface area contributed by atoms with E-state index >= 15 is 0 Å². The van der Waals surface area contributed by atoms with Gasteiger partial charge in [-0.25, -0.2) is 0 Å². The van der Waals surface area contributed by atoms with E-state index in [9.17, 15) is 4.79 Å². The van der Waals surface area contributed by atoms with Crippen molar-refractivity contribution in [3.05, 3.63) is 0 Å². The van der Waals surface area contributed by atoms with Gasteiger partial charge in [0.2, 0.25) is 0 Å². The van der Waals surface area contributed by atoms with Crippen LogP contribution >= 0.6 is 0 Å². The minimum Gasteiger partial charge on any atom is -0.458 e. The van der Waals surface area contributed by atoms with Crippen molar-refractivity contribution in [2.24, 2.45) is 71.0 Å². The molecule has 2 aliphatic heterocycles. The smallest absolute Gasteiger partial charge is 0.309 e. The fraction of sp³-hybridized carbons (Fsp3) is 0.979. The van der Waals surface area contributed by atoms with Gasteiger partial charge in [-0.1, -0.05) is 64.2 Å². The van der Waals surface area contributed by atoms with Crippen LogP contribution in [0.5, 0.6) is 0 Å². The van der Waals surface area contributed by atoms with Gasteiger partial charge in [-0.05, 0) is 163 Å². The Morgan fingerprint density at radius 2 is 0.811 bits per heavy atom. The Balaban J connectivity index is 0.770. The number of hydrogen-bond donors (Lipinski definition) is 2. The molecule has 5 heteroatoms. The summed E-state index contributed by atoms with van der Waals surface area (Å²) in [6, 6.07) is 2.51. The summed E-state index contributed by atoms with van der Waals surface area (Å²) in [4.78, 5) is 13.8. The standard InChI is InChI=1S/C48H76N2O3/c51-47-41-11-5-6-12-42(41)48(53-47)43-19-17-39(49-37-15-13-33-21-29-7-1-3-9-31(29)23-35(33)25-37)27-45(43)52-46-28-40(18-20-44(46)48)50-38-16-14-34-22-30-8-2-4-10-32(30)24-36(34)26-38/h29-46,49-50H,1-28H2. The SMILES string of the molecule is O=C1OC2(C3CCC(NC4CCC5CC6CCCCC6CC5C4)CC3OC3CC(NC4CCC5CC6CCCCC6CC5C4)CCC32)C2CCCCC12. The first-order chi connectivity index (χ1) is 26.1. The maximum absolute atomic E-state index is 13.8. The second-order valence-electron chi connectivity index (χ2n) is 22.2. The third-order valence-electron chi connectivity index (χ3n) is 19.8. The molecule has 0 amide bonds. The molecule has 9 saturated carbocycles. The molecule has 5 nitrogen and oxygen atoms in total. The van der Waals surface area contributed by atoms with E-state index in [0.29, 0.717) is 41.9 Å². The molecule has 2 N–H and O–H groups in total. The Bertz CT molecular complexity index is 1240. The lowest BCUT2D eigenvalue weighted by atomic mass is 9.54. The van der Waals surface area contributed by atoms with E-state index in [4.69, 9.17) is 9.47 Å². The molecule has 0 bridgehead atoms. The van der Waals surface area contributed by atoms with E-state index in [1.807, 2.05) is 0 Å². The van der Waals surface area contributed by atoms with Crippen LogP contribution in [0.1, 0.15) is 180 Å². The Hall–Kier alpha value is -0.650. The summed E-state index contributed by atoms with van der Waals surface area (Å²) in [5.41, 5.74) is -0.265. The van der Waals surface area contributed by atoms with Gasteiger partial charge in [-0.2, -0.15) is 0 Å². The average molecular weight is 729 g/mol. The molecule has 18 atom stereocenters. The van der Waals surface area contributed by atoms with Crippen LogP contribution < -0.4 is 10.6 Å². The predicted octanol–water partition coefficient (Wildman–Crippen LogP) is 10.1. The van der Waals surface area contributed by atoms with Gasteiger partial charge in [0.25, 0.3) is 0 Å². The lowest BCUT2D eigenvalue weighted by Gasteiger charge is -2.60. The fourth-order valence-corrected chi connectivity index (χ4v) is 17.6. The lowest BCUT2D eigenvalue weighted by Crippen LogP contribution is -2.67. The zero-order valence-electron chi connectivity index (χ0n) is 33.4. The van der Waals surface area contributed by atoms with Crippen LogP contribution in [0.2, 0.25) is 0 Å². The molecule has 18 unspecified atom stereocenters. The normalized spacial score (nSPS) is 54.9. The van der Waals surface area contributed by atoms with Crippen molar-refractivity contribution in [3.8, 4) is 0 Å². The zero-order chi connectivity index (χ0) is 35.1. The highest BCUT2D eigenvalue weighted by molar-refractivity contribution is 5.76. The molecule has 11 rings (SSSR count). The van der Waals surface area contributed by atoms with Crippen LogP contribution in [0.25, 0.3) is 0 Å². The molecule has 2 heterocycles. The number of rotatable bonds is 4. The van der Waals surface area contributed by atoms with Crippen LogP contribution in [0.4, 0.5) is 0 Å². The summed E-state index contributed by atoms with van der Waals surface area (Å²) in [6.07, 6.45) is 39.1. The highest BCUT2D eigenvalue weighted by Crippen LogP contribution is 2.62. The van der Waals surface area contributed by atoms with E-state index in [1.54, 1.807) is 12.8 Å². The summed E-state index contributed by atoms with van der Waals surface area (Å²) in [7, 11) is 0. The van der Waals surface area contributed by atoms with Crippen LogP contribution in [-0.2, 0) is 14.3 Å². The average Bonchev–Trinajstić information content (AvgIpc) is 3.48. The molecule has 0 radical (unpaired) electrons. The predicted molar refractivity (Wildman–Crippen MR) is 210 cm³/mol. The zero-order valence-corrected chi connectivity index (χ0v) is 33.4. The van der Waals surface area contributed by atoms with Gasteiger partial charge < -0.3 is 20.1 Å². The summed E-state index contributed by atoms with van der Waals surface area (Å²) in [6.45, 7) is 0. The Morgan fingerprint density at radius 1 is 0.396 bits per heavy atom. The number of hydrogen-bond acceptors (Lipinski definition) is 5. The second kappa shape index (κ2) is 14.6. The van der Waals surface area contributed by atoms with Gasteiger partial charge in [-0.3, -0.25) is 4.79 Å². The molecule has 2 saturated heterocycles. The first kappa shape index (κ1) is 35.5. The van der Waals surface area contributed by atoms with E-state index in [0.717, 1.165) is 66.6 Å². The number of carbonyl (C=O) groups excluding carboxylic acids is 1. The Kier molecular flexibility index (Phi) is 9.80. The molecule has 296 valence electrons. The molecule has 11 fully saturated rings. The van der Waals surface area contributed by atoms with Gasteiger partial charge in [0.15, 0.2) is 0 Å². The van der Waals surface area contributed by atoms with Crippen LogP contribution in [0, 0.1) is 71.0 Å². The first-order valence-corrected chi connectivity index (χ1v) is 24.5. The van der Waals surface area contributed by atoms with Gasteiger partial charge in [0.05, 0.1) is 18.1 Å². The lowest BCUT2D eigenvalue weighted by molar-refractivity contribution is -0.260. The summed E-state index contributed by atoms with van der Waals surface area (Å²) in [5, 5.41) is 8.63. The maximum Gasteiger partial charge on any atom is 0.309 e. The van der Waals surface area contributed by atoms with Gasteiger partial charge in [0, 0.05) is 41.9 Å². The third-order valence-corrected chi connectivity index (χ3v) is 19.8. The van der Waals surface area contributed by atoms with Crippen molar-refractivity contribution in [1.29, 1.82) is 0 Å². The van der Waals surface area contributed by atoms with Crippen molar-refractivity contribution in [2.45, 2.75) is 222 Å². The summed E-state index contributed by atoms with van der Waals surface area (Å²) < 4.78 is 14.4. The molecule has 0 aromatic carbocycles. The van der Waals surface area contributed by atoms with Crippen LogP contribution in [0.3, 0.4) is 0 Å². The minimum atomic E-state index is -0.265. The van der Waals surface area contributed by atoms with Crippen molar-refractivity contribution >= 4 is 5.97 Å². The number of nitrogens with one attached hydrogen (secondary N) is 2. The maximum atomic E-state index is 13.8. The van der Waals surface area contributed by atoms with Crippen molar-refractivity contribution in [1.82, 2.24) is 10.6 Å². The number of fused-ring (bicyclic) bond motifs is 10. The number of ether oxygens (including phenoxy) is 2. The Labute approximate surface area is 322 Å². The largest absolute Gasteiger partial charge is 0.458 e. The minimum absolute atomic E-state index is 0.152. The highest BCUT2D eigenvalue weighted by Gasteiger charge is 2.69. The Morgan fingerprint density at radius 3 is 1.34 bits per heavy atom. The topological polar surface area (TPSA) is 59.6 Å². The van der Waals surface area contributed by atoms with Crippen molar-refractivity contribution in [3.63, 3.8) is 0 Å². The van der Waals surface area contributed by atoms with Crippen molar-refractivity contribution < 1.29 is 14.3 Å². The number of esters is 1. The molecule has 0 aromatic rings. The van der Waals surface area contributed by atoms with Gasteiger partial charge in [0.1, 0.15) is 5.60 Å². The number of carbonyl (C=O) groups is 1. The highest BCUT2D eigenvalue weighted by atomic mass is 16.6. The summed E-state index contributed by atoms with van der Waals surface area (Å²) in [5.74, 6) is 9.69. The third kappa shape index (κ3) is 6.44. The second-order valence-corrected chi connectivity index (χ2v) is 22.2. The molecular formula is C48H76N2O3.